The number of hydrogen-bond donors (Lipinski definition) is 9. The fourth-order valence-electron chi connectivity index (χ4n) is 7.47. The van der Waals surface area contributed by atoms with Gasteiger partial charge in [-0.05, 0) is 74.6 Å². The van der Waals surface area contributed by atoms with E-state index in [0.717, 1.165) is 0 Å². The van der Waals surface area contributed by atoms with Crippen LogP contribution < -0.4 is 32.7 Å². The highest BCUT2D eigenvalue weighted by molar-refractivity contribution is 5.98. The van der Waals surface area contributed by atoms with Crippen molar-refractivity contribution in [3.63, 3.8) is 0 Å². The lowest BCUT2D eigenvalue weighted by molar-refractivity contribution is -0.146. The molecular formula is C41H64N8O11. The van der Waals surface area contributed by atoms with E-state index < -0.39 is 108 Å². The minimum Gasteiger partial charge on any atom is -0.508 e. The summed E-state index contributed by atoms with van der Waals surface area (Å²) in [5, 5.41) is 39.5. The molecule has 2 aliphatic heterocycles. The lowest BCUT2D eigenvalue weighted by Crippen LogP contribution is -2.61. The SMILES string of the molecule is CC[C@H](C)[C@H](NC(=O)[C@H](CC(=O)O)NC(=O)[C@@H](N)CCCCN)C(=O)N1CCC[C@H]1C(=O)N[C@H](C(=O)N1CCC[C@H]1C(=O)N[C@@H](Cc1ccc(O)cc1)C(=O)O)[C@@H](C)CC. The maximum atomic E-state index is 14.2. The van der Waals surface area contributed by atoms with Crippen LogP contribution in [0.4, 0.5) is 0 Å². The molecule has 3 rings (SSSR count). The van der Waals surface area contributed by atoms with E-state index in [9.17, 15) is 53.7 Å². The molecule has 0 aliphatic carbocycles. The average molecular weight is 845 g/mol. The number of rotatable bonds is 23. The predicted octanol–water partition coefficient (Wildman–Crippen LogP) is -0.0363. The summed E-state index contributed by atoms with van der Waals surface area (Å²) in [6.07, 6.45) is 2.94. The van der Waals surface area contributed by atoms with Crippen molar-refractivity contribution in [2.45, 2.75) is 141 Å². The van der Waals surface area contributed by atoms with Gasteiger partial charge >= 0.3 is 11.9 Å². The fourth-order valence-corrected chi connectivity index (χ4v) is 7.47. The Kier molecular flexibility index (Phi) is 19.2. The molecule has 6 amide bonds. The third-order valence-corrected chi connectivity index (χ3v) is 11.5. The molecule has 1 aromatic carbocycles. The number of aromatic hydroxyl groups is 1. The van der Waals surface area contributed by atoms with Crippen molar-refractivity contribution in [2.24, 2.45) is 23.3 Å². The van der Waals surface area contributed by atoms with Gasteiger partial charge in [-0.15, -0.1) is 0 Å². The van der Waals surface area contributed by atoms with E-state index in [2.05, 4.69) is 21.3 Å². The van der Waals surface area contributed by atoms with Crippen LogP contribution in [0.25, 0.3) is 0 Å². The Bertz CT molecular complexity index is 1680. The molecule has 2 saturated heterocycles. The van der Waals surface area contributed by atoms with Crippen molar-refractivity contribution in [1.29, 1.82) is 0 Å². The maximum absolute atomic E-state index is 14.2. The number of carbonyl (C=O) groups excluding carboxylic acids is 6. The van der Waals surface area contributed by atoms with E-state index in [-0.39, 0.29) is 44.5 Å². The number of carboxylic acids is 2. The molecule has 0 spiro atoms. The maximum Gasteiger partial charge on any atom is 0.326 e. The monoisotopic (exact) mass is 844 g/mol. The van der Waals surface area contributed by atoms with Crippen molar-refractivity contribution >= 4 is 47.4 Å². The van der Waals surface area contributed by atoms with Gasteiger partial charge in [-0.1, -0.05) is 59.1 Å². The van der Waals surface area contributed by atoms with Gasteiger partial charge in [0.2, 0.25) is 35.4 Å². The molecule has 0 radical (unpaired) electrons. The van der Waals surface area contributed by atoms with Crippen molar-refractivity contribution in [2.75, 3.05) is 19.6 Å². The predicted molar refractivity (Wildman–Crippen MR) is 219 cm³/mol. The Hall–Kier alpha value is -5.30. The molecule has 0 bridgehead atoms. The number of amides is 6. The zero-order chi connectivity index (χ0) is 44.7. The molecule has 1 aromatic rings. The normalized spacial score (nSPS) is 19.8. The van der Waals surface area contributed by atoms with Crippen LogP contribution in [0.5, 0.6) is 5.75 Å². The van der Waals surface area contributed by atoms with Gasteiger partial charge in [0.05, 0.1) is 12.5 Å². The van der Waals surface area contributed by atoms with Gasteiger partial charge in [0, 0.05) is 19.5 Å². The second kappa shape index (κ2) is 23.5. The minimum atomic E-state index is -1.54. The molecule has 11 N–H and O–H groups in total. The second-order valence-corrected chi connectivity index (χ2v) is 15.9. The van der Waals surface area contributed by atoms with Crippen LogP contribution in [0.3, 0.4) is 0 Å². The minimum absolute atomic E-state index is 0.00638. The van der Waals surface area contributed by atoms with E-state index in [4.69, 9.17) is 11.5 Å². The molecule has 2 aliphatic rings. The molecule has 0 aromatic heterocycles. The van der Waals surface area contributed by atoms with Gasteiger partial charge in [-0.25, -0.2) is 4.79 Å². The highest BCUT2D eigenvalue weighted by atomic mass is 16.4. The Labute approximate surface area is 350 Å². The van der Waals surface area contributed by atoms with Crippen LogP contribution in [0.1, 0.15) is 97.5 Å². The molecule has 60 heavy (non-hydrogen) atoms. The third kappa shape index (κ3) is 13.6. The number of hydrogen-bond acceptors (Lipinski definition) is 11. The van der Waals surface area contributed by atoms with Gasteiger partial charge in [-0.2, -0.15) is 0 Å². The first kappa shape index (κ1) is 49.1. The van der Waals surface area contributed by atoms with E-state index in [1.165, 1.54) is 21.9 Å². The Morgan fingerprint density at radius 1 is 0.733 bits per heavy atom. The van der Waals surface area contributed by atoms with Crippen LogP contribution in [-0.2, 0) is 44.8 Å². The summed E-state index contributed by atoms with van der Waals surface area (Å²) in [6.45, 7) is 7.90. The number of phenols is 1. The second-order valence-electron chi connectivity index (χ2n) is 15.9. The van der Waals surface area contributed by atoms with E-state index in [0.29, 0.717) is 50.6 Å². The van der Waals surface area contributed by atoms with Crippen molar-refractivity contribution in [3.05, 3.63) is 29.8 Å². The van der Waals surface area contributed by atoms with Gasteiger partial charge in [0.15, 0.2) is 0 Å². The molecule has 0 unspecified atom stereocenters. The van der Waals surface area contributed by atoms with Gasteiger partial charge in [0.1, 0.15) is 42.0 Å². The number of unbranched alkanes of at least 4 members (excludes halogenated alkanes) is 1. The average Bonchev–Trinajstić information content (AvgIpc) is 3.92. The number of carbonyl (C=O) groups is 8. The highest BCUT2D eigenvalue weighted by Crippen LogP contribution is 2.25. The first-order valence-corrected chi connectivity index (χ1v) is 20.9. The summed E-state index contributed by atoms with van der Waals surface area (Å²) in [7, 11) is 0. The molecule has 0 saturated carbocycles. The van der Waals surface area contributed by atoms with Crippen LogP contribution in [0.15, 0.2) is 24.3 Å². The van der Waals surface area contributed by atoms with Crippen LogP contribution in [-0.4, -0.2) is 134 Å². The quantitative estimate of drug-likeness (QED) is 0.0655. The number of carboxylic acid groups (broad SMARTS) is 2. The van der Waals surface area contributed by atoms with E-state index >= 15 is 0 Å². The summed E-state index contributed by atoms with van der Waals surface area (Å²) in [5.74, 6) is -7.50. The zero-order valence-electron chi connectivity index (χ0n) is 35.1. The Balaban J connectivity index is 1.76. The number of aliphatic carboxylic acids is 2. The summed E-state index contributed by atoms with van der Waals surface area (Å²) in [4.78, 5) is 109. The van der Waals surface area contributed by atoms with Gasteiger partial charge in [0.25, 0.3) is 0 Å². The summed E-state index contributed by atoms with van der Waals surface area (Å²) in [5.41, 5.74) is 12.1. The number of benzene rings is 1. The van der Waals surface area contributed by atoms with E-state index in [1.54, 1.807) is 32.9 Å². The van der Waals surface area contributed by atoms with Crippen molar-refractivity contribution < 1.29 is 53.7 Å². The number of nitrogens with zero attached hydrogens (tertiary/aromatic N) is 2. The first-order valence-electron chi connectivity index (χ1n) is 20.9. The molecule has 19 nitrogen and oxygen atoms in total. The van der Waals surface area contributed by atoms with Crippen molar-refractivity contribution in [3.8, 4) is 5.75 Å². The molecule has 334 valence electrons. The largest absolute Gasteiger partial charge is 0.508 e. The van der Waals surface area contributed by atoms with Crippen molar-refractivity contribution in [1.82, 2.24) is 31.1 Å². The Morgan fingerprint density at radius 2 is 1.25 bits per heavy atom. The van der Waals surface area contributed by atoms with E-state index in [1.807, 2.05) is 6.92 Å². The molecule has 2 fully saturated rings. The highest BCUT2D eigenvalue weighted by Gasteiger charge is 2.44. The summed E-state index contributed by atoms with van der Waals surface area (Å²) < 4.78 is 0. The van der Waals surface area contributed by atoms with Gasteiger partial charge in [-0.3, -0.25) is 33.6 Å². The number of nitrogens with two attached hydrogens (primary N) is 2. The summed E-state index contributed by atoms with van der Waals surface area (Å²) >= 11 is 0. The third-order valence-electron chi connectivity index (χ3n) is 11.5. The van der Waals surface area contributed by atoms with Crippen LogP contribution >= 0.6 is 0 Å². The van der Waals surface area contributed by atoms with Gasteiger partial charge < -0.3 is 57.9 Å². The van der Waals surface area contributed by atoms with Crippen LogP contribution in [0.2, 0.25) is 0 Å². The van der Waals surface area contributed by atoms with Crippen LogP contribution in [0, 0.1) is 11.8 Å². The molecular weight excluding hydrogens is 780 g/mol. The topological polar surface area (TPSA) is 304 Å². The molecule has 2 heterocycles. The fraction of sp³-hybridized carbons (Fsp3) is 0.659. The number of nitrogens with one attached hydrogen (secondary N) is 4. The lowest BCUT2D eigenvalue weighted by atomic mass is 9.95. The summed E-state index contributed by atoms with van der Waals surface area (Å²) in [6, 6.07) is -2.24. The smallest absolute Gasteiger partial charge is 0.326 e. The number of likely N-dealkylation sites (tertiary alicyclic amines) is 2. The number of phenolic OH excluding ortho intramolecular Hbond substituents is 1. The first-order chi connectivity index (χ1) is 28.4. The standard InChI is InChI=1S/C41H64N8O11/c1-5-23(3)33(46-36(54)28(22-32(51)52)44-35(53)27(43)11-7-8-18-42)39(57)49-20-10-13-31(49)38(56)47-34(24(4)6-2)40(58)48-19-9-12-30(48)37(55)45-29(41(59)60)21-25-14-16-26(50)17-15-25/h14-17,23-24,27-31,33-34,50H,5-13,18-22,42-43H2,1-4H3,(H,44,53)(H,45,55)(H,46,54)(H,47,56)(H,51,52)(H,59,60)/t23-,24-,27-,28-,29-,30-,31-,33-,34-/m0/s1. The Morgan fingerprint density at radius 3 is 1.73 bits per heavy atom. The molecule has 9 atom stereocenters. The lowest BCUT2D eigenvalue weighted by Gasteiger charge is -2.34. The molecule has 19 heteroatoms. The zero-order valence-corrected chi connectivity index (χ0v) is 35.1.